The van der Waals surface area contributed by atoms with Crippen molar-refractivity contribution in [3.05, 3.63) is 29.3 Å². The molecular formula is C12H11F2NO4. The van der Waals surface area contributed by atoms with E-state index in [0.29, 0.717) is 25.2 Å². The summed E-state index contributed by atoms with van der Waals surface area (Å²) in [6, 6.07) is 1.20. The van der Waals surface area contributed by atoms with E-state index in [9.17, 15) is 18.4 Å². The van der Waals surface area contributed by atoms with E-state index in [2.05, 4.69) is 5.32 Å². The number of rotatable bonds is 3. The molecule has 1 saturated heterocycles. The highest BCUT2D eigenvalue weighted by Gasteiger charge is 2.25. The van der Waals surface area contributed by atoms with Gasteiger partial charge < -0.3 is 15.2 Å². The number of amides is 1. The molecular weight excluding hydrogens is 260 g/mol. The maximum Gasteiger partial charge on any atom is 0.337 e. The number of benzene rings is 1. The summed E-state index contributed by atoms with van der Waals surface area (Å²) in [7, 11) is 0. The maximum absolute atomic E-state index is 13.1. The zero-order chi connectivity index (χ0) is 14.0. The first-order chi connectivity index (χ1) is 8.99. The summed E-state index contributed by atoms with van der Waals surface area (Å²) in [5, 5.41) is 11.2. The average molecular weight is 271 g/mol. The number of nitrogens with one attached hydrogen (secondary N) is 1. The molecule has 102 valence electrons. The standard InChI is InChI=1S/C12H11F2NO4/c13-8-3-7(12(17)18)10(4-9(8)14)15-11(16)6-1-2-19-5-6/h3-4,6H,1-2,5H2,(H,15,16)(H,17,18). The SMILES string of the molecule is O=C(O)c1cc(F)c(F)cc1NC(=O)C1CCOC1. The Kier molecular flexibility index (Phi) is 3.75. The van der Waals surface area contributed by atoms with Crippen molar-refractivity contribution in [1.82, 2.24) is 0 Å². The van der Waals surface area contributed by atoms with Gasteiger partial charge in [-0.15, -0.1) is 0 Å². The van der Waals surface area contributed by atoms with Crippen LogP contribution in [-0.2, 0) is 9.53 Å². The van der Waals surface area contributed by atoms with Gasteiger partial charge in [-0.1, -0.05) is 0 Å². The van der Waals surface area contributed by atoms with E-state index >= 15 is 0 Å². The smallest absolute Gasteiger partial charge is 0.337 e. The zero-order valence-electron chi connectivity index (χ0n) is 9.78. The molecule has 1 atom stereocenters. The average Bonchev–Trinajstić information content (AvgIpc) is 2.86. The highest BCUT2D eigenvalue weighted by molar-refractivity contribution is 6.01. The van der Waals surface area contributed by atoms with Crippen LogP contribution in [0.25, 0.3) is 0 Å². The van der Waals surface area contributed by atoms with Gasteiger partial charge in [0, 0.05) is 12.7 Å². The first kappa shape index (κ1) is 13.4. The molecule has 1 aromatic rings. The van der Waals surface area contributed by atoms with Crippen molar-refractivity contribution >= 4 is 17.6 Å². The van der Waals surface area contributed by atoms with Crippen LogP contribution in [-0.4, -0.2) is 30.2 Å². The van der Waals surface area contributed by atoms with Gasteiger partial charge >= 0.3 is 5.97 Å². The molecule has 0 radical (unpaired) electrons. The van der Waals surface area contributed by atoms with Crippen molar-refractivity contribution in [2.24, 2.45) is 5.92 Å². The van der Waals surface area contributed by atoms with Crippen LogP contribution in [0.15, 0.2) is 12.1 Å². The molecule has 0 bridgehead atoms. The molecule has 1 amide bonds. The highest BCUT2D eigenvalue weighted by atomic mass is 19.2. The van der Waals surface area contributed by atoms with Crippen LogP contribution in [0.4, 0.5) is 14.5 Å². The quantitative estimate of drug-likeness (QED) is 0.876. The molecule has 0 aliphatic carbocycles. The second-order valence-corrected chi connectivity index (χ2v) is 4.17. The Morgan fingerprint density at radius 1 is 1.32 bits per heavy atom. The highest BCUT2D eigenvalue weighted by Crippen LogP contribution is 2.22. The minimum Gasteiger partial charge on any atom is -0.478 e. The molecule has 19 heavy (non-hydrogen) atoms. The lowest BCUT2D eigenvalue weighted by Crippen LogP contribution is -2.24. The number of carbonyl (C=O) groups is 2. The fraction of sp³-hybridized carbons (Fsp3) is 0.333. The largest absolute Gasteiger partial charge is 0.478 e. The molecule has 1 heterocycles. The van der Waals surface area contributed by atoms with Gasteiger partial charge in [0.2, 0.25) is 5.91 Å². The predicted octanol–water partition coefficient (Wildman–Crippen LogP) is 1.64. The molecule has 0 spiro atoms. The molecule has 0 saturated carbocycles. The van der Waals surface area contributed by atoms with Gasteiger partial charge in [-0.25, -0.2) is 13.6 Å². The van der Waals surface area contributed by atoms with E-state index < -0.39 is 35.0 Å². The van der Waals surface area contributed by atoms with Crippen molar-refractivity contribution in [3.8, 4) is 0 Å². The Morgan fingerprint density at radius 2 is 2.00 bits per heavy atom. The van der Waals surface area contributed by atoms with Gasteiger partial charge in [0.25, 0.3) is 0 Å². The van der Waals surface area contributed by atoms with E-state index in [-0.39, 0.29) is 12.3 Å². The monoisotopic (exact) mass is 271 g/mol. The molecule has 5 nitrogen and oxygen atoms in total. The third-order valence-corrected chi connectivity index (χ3v) is 2.85. The fourth-order valence-electron chi connectivity index (χ4n) is 1.80. The van der Waals surface area contributed by atoms with E-state index in [1.807, 2.05) is 0 Å². The van der Waals surface area contributed by atoms with Gasteiger partial charge in [-0.3, -0.25) is 4.79 Å². The topological polar surface area (TPSA) is 75.6 Å². The first-order valence-electron chi connectivity index (χ1n) is 5.60. The molecule has 7 heteroatoms. The maximum atomic E-state index is 13.1. The second-order valence-electron chi connectivity index (χ2n) is 4.17. The number of carbonyl (C=O) groups excluding carboxylic acids is 1. The van der Waals surface area contributed by atoms with Crippen LogP contribution in [0.2, 0.25) is 0 Å². The van der Waals surface area contributed by atoms with Crippen molar-refractivity contribution in [2.45, 2.75) is 6.42 Å². The number of anilines is 1. The van der Waals surface area contributed by atoms with Gasteiger partial charge in [-0.05, 0) is 12.5 Å². The van der Waals surface area contributed by atoms with E-state index in [1.54, 1.807) is 0 Å². The van der Waals surface area contributed by atoms with Crippen LogP contribution in [0.1, 0.15) is 16.8 Å². The number of aromatic carboxylic acids is 1. The molecule has 1 aromatic carbocycles. The Balaban J connectivity index is 2.25. The Hall–Kier alpha value is -2.02. The van der Waals surface area contributed by atoms with Crippen LogP contribution in [0.3, 0.4) is 0 Å². The van der Waals surface area contributed by atoms with Crippen molar-refractivity contribution < 1.29 is 28.2 Å². The first-order valence-corrected chi connectivity index (χ1v) is 5.60. The van der Waals surface area contributed by atoms with Crippen molar-refractivity contribution in [3.63, 3.8) is 0 Å². The zero-order valence-corrected chi connectivity index (χ0v) is 9.78. The third-order valence-electron chi connectivity index (χ3n) is 2.85. The van der Waals surface area contributed by atoms with Crippen LogP contribution >= 0.6 is 0 Å². The van der Waals surface area contributed by atoms with Gasteiger partial charge in [0.05, 0.1) is 23.8 Å². The van der Waals surface area contributed by atoms with Crippen LogP contribution < -0.4 is 5.32 Å². The molecule has 1 aliphatic heterocycles. The Morgan fingerprint density at radius 3 is 2.58 bits per heavy atom. The van der Waals surface area contributed by atoms with Gasteiger partial charge in [-0.2, -0.15) is 0 Å². The lowest BCUT2D eigenvalue weighted by Gasteiger charge is -2.12. The molecule has 1 unspecified atom stereocenters. The summed E-state index contributed by atoms with van der Waals surface area (Å²) in [5.74, 6) is -4.82. The Bertz CT molecular complexity index is 527. The normalized spacial score (nSPS) is 18.3. The molecule has 1 aliphatic rings. The summed E-state index contributed by atoms with van der Waals surface area (Å²) >= 11 is 0. The lowest BCUT2D eigenvalue weighted by molar-refractivity contribution is -0.119. The summed E-state index contributed by atoms with van der Waals surface area (Å²) < 4.78 is 31.1. The predicted molar refractivity (Wildman–Crippen MR) is 60.9 cm³/mol. The van der Waals surface area contributed by atoms with Gasteiger partial charge in [0.15, 0.2) is 11.6 Å². The number of carboxylic acids is 1. The van der Waals surface area contributed by atoms with Crippen molar-refractivity contribution in [1.29, 1.82) is 0 Å². The lowest BCUT2D eigenvalue weighted by atomic mass is 10.1. The van der Waals surface area contributed by atoms with E-state index in [1.165, 1.54) is 0 Å². The number of halogens is 2. The number of hydrogen-bond donors (Lipinski definition) is 2. The minimum atomic E-state index is -1.45. The Labute approximate surface area is 107 Å². The summed E-state index contributed by atoms with van der Waals surface area (Å²) in [4.78, 5) is 22.7. The number of carboxylic acid groups (broad SMARTS) is 1. The van der Waals surface area contributed by atoms with Crippen LogP contribution in [0.5, 0.6) is 0 Å². The van der Waals surface area contributed by atoms with Crippen LogP contribution in [0, 0.1) is 17.6 Å². The number of ether oxygens (including phenoxy) is 1. The molecule has 0 aromatic heterocycles. The summed E-state index contributed by atoms with van der Waals surface area (Å²) in [5.41, 5.74) is -0.755. The van der Waals surface area contributed by atoms with E-state index in [0.717, 1.165) is 0 Å². The molecule has 1 fully saturated rings. The summed E-state index contributed by atoms with van der Waals surface area (Å²) in [6.45, 7) is 0.680. The fourth-order valence-corrected chi connectivity index (χ4v) is 1.80. The minimum absolute atomic E-state index is 0.234. The molecule has 2 N–H and O–H groups in total. The molecule has 2 rings (SSSR count). The van der Waals surface area contributed by atoms with E-state index in [4.69, 9.17) is 9.84 Å². The van der Waals surface area contributed by atoms with Crippen molar-refractivity contribution in [2.75, 3.05) is 18.5 Å². The van der Waals surface area contributed by atoms with Gasteiger partial charge in [0.1, 0.15) is 0 Å². The second kappa shape index (κ2) is 5.31. The summed E-state index contributed by atoms with van der Waals surface area (Å²) in [6.07, 6.45) is 0.512. The third kappa shape index (κ3) is 2.87. The number of hydrogen-bond acceptors (Lipinski definition) is 3.